The van der Waals surface area contributed by atoms with E-state index in [1.807, 2.05) is 24.3 Å². The number of Topliss-reactive ketones (excluding diaryl/α,β-unsaturated/α-hetero) is 1. The van der Waals surface area contributed by atoms with Gasteiger partial charge in [-0.1, -0.05) is 38.1 Å². The van der Waals surface area contributed by atoms with Gasteiger partial charge in [-0.3, -0.25) is 4.79 Å². The number of carbonyl (C=O) groups excluding carboxylic acids is 1. The number of ether oxygens (including phenoxy) is 2. The average molecular weight is 262 g/mol. The van der Waals surface area contributed by atoms with Gasteiger partial charge in [-0.2, -0.15) is 0 Å². The fourth-order valence-corrected chi connectivity index (χ4v) is 2.17. The molecule has 19 heavy (non-hydrogen) atoms. The summed E-state index contributed by atoms with van der Waals surface area (Å²) in [6.07, 6.45) is 1.04. The zero-order valence-electron chi connectivity index (χ0n) is 11.7. The van der Waals surface area contributed by atoms with Crippen molar-refractivity contribution in [1.29, 1.82) is 0 Å². The first kappa shape index (κ1) is 14.2. The Hall–Kier alpha value is -1.19. The van der Waals surface area contributed by atoms with Gasteiger partial charge in [0.25, 0.3) is 0 Å². The third-order valence-corrected chi connectivity index (χ3v) is 3.51. The van der Waals surface area contributed by atoms with Gasteiger partial charge in [0.15, 0.2) is 5.78 Å². The number of hydrogen-bond acceptors (Lipinski definition) is 3. The monoisotopic (exact) mass is 262 g/mol. The molecular weight excluding hydrogens is 240 g/mol. The summed E-state index contributed by atoms with van der Waals surface area (Å²) >= 11 is 0. The molecule has 0 amide bonds. The molecule has 3 heteroatoms. The first-order valence-corrected chi connectivity index (χ1v) is 6.95. The van der Waals surface area contributed by atoms with Crippen LogP contribution in [-0.2, 0) is 9.47 Å². The molecule has 0 spiro atoms. The van der Waals surface area contributed by atoms with Crippen LogP contribution in [0.15, 0.2) is 24.3 Å². The lowest BCUT2D eigenvalue weighted by molar-refractivity contribution is 0.0651. The van der Waals surface area contributed by atoms with Gasteiger partial charge < -0.3 is 9.47 Å². The van der Waals surface area contributed by atoms with E-state index in [0.717, 1.165) is 25.2 Å². The third-order valence-electron chi connectivity index (χ3n) is 3.51. The maximum Gasteiger partial charge on any atom is 0.188 e. The molecule has 0 radical (unpaired) electrons. The molecular formula is C16H22O3. The molecule has 0 aliphatic carbocycles. The smallest absolute Gasteiger partial charge is 0.188 e. The Morgan fingerprint density at radius 2 is 2.11 bits per heavy atom. The molecule has 1 aromatic carbocycles. The van der Waals surface area contributed by atoms with Gasteiger partial charge in [0.1, 0.15) is 6.61 Å². The van der Waals surface area contributed by atoms with Crippen molar-refractivity contribution in [2.24, 2.45) is 5.92 Å². The van der Waals surface area contributed by atoms with E-state index in [-0.39, 0.29) is 12.4 Å². The third kappa shape index (κ3) is 4.15. The maximum absolute atomic E-state index is 11.9. The molecule has 1 aliphatic rings. The number of carbonyl (C=O) groups is 1. The normalized spacial score (nSPS) is 19.0. The summed E-state index contributed by atoms with van der Waals surface area (Å²) < 4.78 is 10.8. The van der Waals surface area contributed by atoms with E-state index in [9.17, 15) is 4.79 Å². The lowest BCUT2D eigenvalue weighted by Crippen LogP contribution is -2.15. The van der Waals surface area contributed by atoms with E-state index in [0.29, 0.717) is 18.4 Å². The molecule has 0 bridgehead atoms. The first-order valence-electron chi connectivity index (χ1n) is 6.95. The van der Waals surface area contributed by atoms with Crippen molar-refractivity contribution < 1.29 is 14.3 Å². The summed E-state index contributed by atoms with van der Waals surface area (Å²) in [5.41, 5.74) is 1.98. The molecule has 1 fully saturated rings. The molecule has 1 unspecified atom stereocenters. The largest absolute Gasteiger partial charge is 0.381 e. The summed E-state index contributed by atoms with van der Waals surface area (Å²) in [4.78, 5) is 11.9. The van der Waals surface area contributed by atoms with Crippen molar-refractivity contribution in [2.45, 2.75) is 26.2 Å². The maximum atomic E-state index is 11.9. The van der Waals surface area contributed by atoms with Crippen molar-refractivity contribution in [2.75, 3.05) is 26.4 Å². The summed E-state index contributed by atoms with van der Waals surface area (Å²) in [5.74, 6) is 0.994. The Morgan fingerprint density at radius 1 is 1.37 bits per heavy atom. The second-order valence-electron chi connectivity index (χ2n) is 5.44. The molecule has 1 aromatic rings. The van der Waals surface area contributed by atoms with E-state index in [1.54, 1.807) is 0 Å². The second-order valence-corrected chi connectivity index (χ2v) is 5.44. The lowest BCUT2D eigenvalue weighted by Gasteiger charge is -2.09. The highest BCUT2D eigenvalue weighted by atomic mass is 16.5. The van der Waals surface area contributed by atoms with E-state index >= 15 is 0 Å². The topological polar surface area (TPSA) is 35.5 Å². The molecule has 1 atom stereocenters. The summed E-state index contributed by atoms with van der Waals surface area (Å²) in [5, 5.41) is 0. The van der Waals surface area contributed by atoms with Gasteiger partial charge in [0.2, 0.25) is 0 Å². The zero-order valence-corrected chi connectivity index (χ0v) is 11.7. The second kappa shape index (κ2) is 6.83. The van der Waals surface area contributed by atoms with Crippen LogP contribution in [0.4, 0.5) is 0 Å². The quantitative estimate of drug-likeness (QED) is 0.739. The van der Waals surface area contributed by atoms with E-state index < -0.39 is 0 Å². The van der Waals surface area contributed by atoms with Crippen molar-refractivity contribution in [3.05, 3.63) is 35.4 Å². The Morgan fingerprint density at radius 3 is 2.68 bits per heavy atom. The minimum absolute atomic E-state index is 0.0502. The Bertz CT molecular complexity index is 403. The van der Waals surface area contributed by atoms with Gasteiger partial charge in [-0.05, 0) is 17.9 Å². The Kier molecular flexibility index (Phi) is 5.11. The lowest BCUT2D eigenvalue weighted by atomic mass is 10.0. The van der Waals surface area contributed by atoms with Crippen LogP contribution in [0.2, 0.25) is 0 Å². The number of benzene rings is 1. The molecule has 0 N–H and O–H groups in total. The van der Waals surface area contributed by atoms with Crippen LogP contribution in [0.3, 0.4) is 0 Å². The van der Waals surface area contributed by atoms with E-state index in [4.69, 9.17) is 9.47 Å². The first-order chi connectivity index (χ1) is 9.16. The van der Waals surface area contributed by atoms with Crippen molar-refractivity contribution in [1.82, 2.24) is 0 Å². The molecule has 0 aromatic heterocycles. The Labute approximate surface area is 114 Å². The summed E-state index contributed by atoms with van der Waals surface area (Å²) in [7, 11) is 0. The Balaban J connectivity index is 1.78. The molecule has 0 saturated carbocycles. The molecule has 3 nitrogen and oxygen atoms in total. The fraction of sp³-hybridized carbons (Fsp3) is 0.562. The highest BCUT2D eigenvalue weighted by Crippen LogP contribution is 2.15. The van der Waals surface area contributed by atoms with E-state index in [2.05, 4.69) is 13.8 Å². The number of rotatable bonds is 6. The molecule has 2 rings (SSSR count). The highest BCUT2D eigenvalue weighted by molar-refractivity contribution is 5.97. The number of hydrogen-bond donors (Lipinski definition) is 0. The minimum atomic E-state index is 0.0502. The standard InChI is InChI=1S/C16H22O3/c1-12(2)14-3-5-15(6-4-14)16(17)11-19-10-13-7-8-18-9-13/h3-6,12-13H,7-11H2,1-2H3. The van der Waals surface area contributed by atoms with Crippen LogP contribution in [-0.4, -0.2) is 32.2 Å². The van der Waals surface area contributed by atoms with Crippen molar-refractivity contribution >= 4 is 5.78 Å². The molecule has 1 saturated heterocycles. The predicted octanol–water partition coefficient (Wildman–Crippen LogP) is 3.05. The molecule has 1 aliphatic heterocycles. The summed E-state index contributed by atoms with van der Waals surface area (Å²) in [6.45, 7) is 6.65. The fourth-order valence-electron chi connectivity index (χ4n) is 2.17. The van der Waals surface area contributed by atoms with Crippen molar-refractivity contribution in [3.63, 3.8) is 0 Å². The van der Waals surface area contributed by atoms with E-state index in [1.165, 1.54) is 5.56 Å². The van der Waals surface area contributed by atoms with Crippen molar-refractivity contribution in [3.8, 4) is 0 Å². The van der Waals surface area contributed by atoms with Crippen LogP contribution in [0.25, 0.3) is 0 Å². The highest BCUT2D eigenvalue weighted by Gasteiger charge is 2.16. The van der Waals surface area contributed by atoms with Gasteiger partial charge in [0, 0.05) is 18.1 Å². The minimum Gasteiger partial charge on any atom is -0.381 e. The van der Waals surface area contributed by atoms with Crippen LogP contribution in [0.5, 0.6) is 0 Å². The van der Waals surface area contributed by atoms with Gasteiger partial charge in [-0.15, -0.1) is 0 Å². The molecule has 1 heterocycles. The number of ketones is 1. The van der Waals surface area contributed by atoms with Gasteiger partial charge in [0.05, 0.1) is 13.2 Å². The SMILES string of the molecule is CC(C)c1ccc(C(=O)COCC2CCOC2)cc1. The predicted molar refractivity (Wildman–Crippen MR) is 74.6 cm³/mol. The average Bonchev–Trinajstić information content (AvgIpc) is 2.92. The van der Waals surface area contributed by atoms with Gasteiger partial charge in [-0.25, -0.2) is 0 Å². The van der Waals surface area contributed by atoms with Crippen LogP contribution >= 0.6 is 0 Å². The van der Waals surface area contributed by atoms with Crippen LogP contribution in [0.1, 0.15) is 42.1 Å². The van der Waals surface area contributed by atoms with Crippen LogP contribution < -0.4 is 0 Å². The van der Waals surface area contributed by atoms with Gasteiger partial charge >= 0.3 is 0 Å². The molecule has 104 valence electrons. The van der Waals surface area contributed by atoms with Crippen LogP contribution in [0, 0.1) is 5.92 Å². The summed E-state index contributed by atoms with van der Waals surface area (Å²) in [6, 6.07) is 7.81. The zero-order chi connectivity index (χ0) is 13.7.